The zero-order valence-electron chi connectivity index (χ0n) is 11.7. The van der Waals surface area contributed by atoms with Crippen molar-refractivity contribution in [3.8, 4) is 0 Å². The molecule has 0 saturated carbocycles. The summed E-state index contributed by atoms with van der Waals surface area (Å²) in [6, 6.07) is 0.620. The van der Waals surface area contributed by atoms with Gasteiger partial charge in [0.2, 0.25) is 0 Å². The molecule has 1 N–H and O–H groups in total. The van der Waals surface area contributed by atoms with Gasteiger partial charge >= 0.3 is 0 Å². The Morgan fingerprint density at radius 3 is 2.88 bits per heavy atom. The Labute approximate surface area is 106 Å². The van der Waals surface area contributed by atoms with Crippen LogP contribution < -0.4 is 5.32 Å². The number of methoxy groups -OCH3 is 1. The van der Waals surface area contributed by atoms with E-state index in [9.17, 15) is 0 Å². The molecule has 0 amide bonds. The molecule has 1 aliphatic rings. The maximum absolute atomic E-state index is 5.68. The van der Waals surface area contributed by atoms with Crippen LogP contribution in [0.2, 0.25) is 0 Å². The minimum atomic E-state index is 0.522. The predicted octanol–water partition coefficient (Wildman–Crippen LogP) is 2.60. The maximum Gasteiger partial charge on any atom is 0.0576 e. The van der Waals surface area contributed by atoms with E-state index in [1.165, 1.54) is 32.1 Å². The first-order valence-electron chi connectivity index (χ1n) is 7.10. The van der Waals surface area contributed by atoms with Crippen LogP contribution in [0.15, 0.2) is 0 Å². The van der Waals surface area contributed by atoms with E-state index >= 15 is 0 Å². The summed E-state index contributed by atoms with van der Waals surface area (Å²) in [5, 5.41) is 3.58. The van der Waals surface area contributed by atoms with Crippen LogP contribution in [0.5, 0.6) is 0 Å². The van der Waals surface area contributed by atoms with Crippen molar-refractivity contribution in [1.29, 1.82) is 0 Å². The molecule has 1 fully saturated rings. The van der Waals surface area contributed by atoms with Gasteiger partial charge in [0.15, 0.2) is 0 Å². The molecule has 0 radical (unpaired) electrons. The second-order valence-corrected chi connectivity index (χ2v) is 5.26. The van der Waals surface area contributed by atoms with Crippen LogP contribution in [0.3, 0.4) is 0 Å². The third kappa shape index (κ3) is 6.39. The van der Waals surface area contributed by atoms with Gasteiger partial charge in [0, 0.05) is 26.4 Å². The molecule has 1 aliphatic heterocycles. The number of ether oxygens (including phenoxy) is 2. The SMILES string of the molecule is CCNC(CCC1CCCO1)CC(C)COC. The van der Waals surface area contributed by atoms with Crippen LogP contribution in [-0.2, 0) is 9.47 Å². The Bertz CT molecular complexity index is 181. The molecule has 3 unspecified atom stereocenters. The van der Waals surface area contributed by atoms with Crippen molar-refractivity contribution in [3.05, 3.63) is 0 Å². The normalized spacial score (nSPS) is 23.8. The Hall–Kier alpha value is -0.120. The molecule has 0 aromatic rings. The van der Waals surface area contributed by atoms with Gasteiger partial charge in [-0.3, -0.25) is 0 Å². The molecule has 1 heterocycles. The summed E-state index contributed by atoms with van der Waals surface area (Å²) in [6.45, 7) is 7.33. The van der Waals surface area contributed by atoms with Crippen LogP contribution in [0.25, 0.3) is 0 Å². The van der Waals surface area contributed by atoms with E-state index in [-0.39, 0.29) is 0 Å². The molecule has 1 rings (SSSR count). The standard InChI is InChI=1S/C14H29NO2/c1-4-15-13(10-12(2)11-16-3)7-8-14-6-5-9-17-14/h12-15H,4-11H2,1-3H3. The largest absolute Gasteiger partial charge is 0.384 e. The van der Waals surface area contributed by atoms with Crippen LogP contribution in [0, 0.1) is 5.92 Å². The first-order chi connectivity index (χ1) is 8.26. The molecular formula is C14H29NO2. The molecule has 0 spiro atoms. The van der Waals surface area contributed by atoms with E-state index < -0.39 is 0 Å². The van der Waals surface area contributed by atoms with Gasteiger partial charge in [-0.15, -0.1) is 0 Å². The average Bonchev–Trinajstić information content (AvgIpc) is 2.79. The Morgan fingerprint density at radius 1 is 1.47 bits per heavy atom. The number of hydrogen-bond donors (Lipinski definition) is 1. The number of hydrogen-bond acceptors (Lipinski definition) is 3. The summed E-state index contributed by atoms with van der Waals surface area (Å²) in [5.41, 5.74) is 0. The molecule has 3 heteroatoms. The minimum Gasteiger partial charge on any atom is -0.384 e. The summed E-state index contributed by atoms with van der Waals surface area (Å²) in [6.07, 6.45) is 6.66. The summed E-state index contributed by atoms with van der Waals surface area (Å²) in [7, 11) is 1.78. The van der Waals surface area contributed by atoms with Crippen LogP contribution in [-0.4, -0.2) is 39.0 Å². The monoisotopic (exact) mass is 243 g/mol. The van der Waals surface area contributed by atoms with E-state index in [0.717, 1.165) is 19.8 Å². The summed E-state index contributed by atoms with van der Waals surface area (Å²) >= 11 is 0. The number of rotatable bonds is 9. The third-order valence-electron chi connectivity index (χ3n) is 3.49. The van der Waals surface area contributed by atoms with Gasteiger partial charge in [0.25, 0.3) is 0 Å². The van der Waals surface area contributed by atoms with Crippen LogP contribution in [0.4, 0.5) is 0 Å². The first kappa shape index (κ1) is 14.9. The Morgan fingerprint density at radius 2 is 2.29 bits per heavy atom. The molecule has 3 atom stereocenters. The lowest BCUT2D eigenvalue weighted by Crippen LogP contribution is -2.32. The fraction of sp³-hybridized carbons (Fsp3) is 1.00. The van der Waals surface area contributed by atoms with Gasteiger partial charge in [0.05, 0.1) is 6.10 Å². The smallest absolute Gasteiger partial charge is 0.0576 e. The molecule has 0 bridgehead atoms. The summed E-state index contributed by atoms with van der Waals surface area (Å²) < 4.78 is 10.9. The van der Waals surface area contributed by atoms with E-state index in [2.05, 4.69) is 19.2 Å². The number of nitrogens with one attached hydrogen (secondary N) is 1. The molecule has 3 nitrogen and oxygen atoms in total. The summed E-state index contributed by atoms with van der Waals surface area (Å²) in [4.78, 5) is 0. The quantitative estimate of drug-likeness (QED) is 0.675. The van der Waals surface area contributed by atoms with Crippen molar-refractivity contribution in [1.82, 2.24) is 5.32 Å². The minimum absolute atomic E-state index is 0.522. The van der Waals surface area contributed by atoms with Crippen LogP contribution >= 0.6 is 0 Å². The molecule has 0 aromatic heterocycles. The van der Waals surface area contributed by atoms with Gasteiger partial charge in [-0.25, -0.2) is 0 Å². The highest BCUT2D eigenvalue weighted by molar-refractivity contribution is 4.73. The van der Waals surface area contributed by atoms with Crippen molar-refractivity contribution in [2.24, 2.45) is 5.92 Å². The van der Waals surface area contributed by atoms with E-state index in [4.69, 9.17) is 9.47 Å². The third-order valence-corrected chi connectivity index (χ3v) is 3.49. The topological polar surface area (TPSA) is 30.5 Å². The Balaban J connectivity index is 2.21. The van der Waals surface area contributed by atoms with Gasteiger partial charge in [-0.1, -0.05) is 13.8 Å². The van der Waals surface area contributed by atoms with E-state index in [1.54, 1.807) is 7.11 Å². The fourth-order valence-electron chi connectivity index (χ4n) is 2.69. The van der Waals surface area contributed by atoms with E-state index in [0.29, 0.717) is 18.1 Å². The lowest BCUT2D eigenvalue weighted by atomic mass is 9.97. The zero-order valence-corrected chi connectivity index (χ0v) is 11.7. The second-order valence-electron chi connectivity index (χ2n) is 5.26. The molecule has 1 saturated heterocycles. The molecular weight excluding hydrogens is 214 g/mol. The van der Waals surface area contributed by atoms with Crippen molar-refractivity contribution >= 4 is 0 Å². The van der Waals surface area contributed by atoms with Crippen molar-refractivity contribution < 1.29 is 9.47 Å². The van der Waals surface area contributed by atoms with Gasteiger partial charge in [-0.2, -0.15) is 0 Å². The lowest BCUT2D eigenvalue weighted by molar-refractivity contribution is 0.0969. The molecule has 0 aliphatic carbocycles. The highest BCUT2D eigenvalue weighted by Crippen LogP contribution is 2.19. The van der Waals surface area contributed by atoms with Gasteiger partial charge in [0.1, 0.15) is 0 Å². The first-order valence-corrected chi connectivity index (χ1v) is 7.10. The highest BCUT2D eigenvalue weighted by Gasteiger charge is 2.18. The van der Waals surface area contributed by atoms with Crippen molar-refractivity contribution in [3.63, 3.8) is 0 Å². The van der Waals surface area contributed by atoms with Crippen molar-refractivity contribution in [2.45, 2.75) is 58.1 Å². The maximum atomic E-state index is 5.68. The van der Waals surface area contributed by atoms with Gasteiger partial charge in [-0.05, 0) is 44.6 Å². The average molecular weight is 243 g/mol. The molecule has 17 heavy (non-hydrogen) atoms. The van der Waals surface area contributed by atoms with Crippen molar-refractivity contribution in [2.75, 3.05) is 26.9 Å². The van der Waals surface area contributed by atoms with E-state index in [1.807, 2.05) is 0 Å². The summed E-state index contributed by atoms with van der Waals surface area (Å²) in [5.74, 6) is 0.633. The van der Waals surface area contributed by atoms with Crippen LogP contribution in [0.1, 0.15) is 46.0 Å². The Kier molecular flexibility index (Phi) is 7.82. The van der Waals surface area contributed by atoms with Gasteiger partial charge < -0.3 is 14.8 Å². The molecule has 102 valence electrons. The lowest BCUT2D eigenvalue weighted by Gasteiger charge is -2.22. The second kappa shape index (κ2) is 8.90. The molecule has 0 aromatic carbocycles. The highest BCUT2D eigenvalue weighted by atomic mass is 16.5. The zero-order chi connectivity index (χ0) is 12.5. The predicted molar refractivity (Wildman–Crippen MR) is 71.3 cm³/mol. The fourth-order valence-corrected chi connectivity index (χ4v) is 2.69.